The quantitative estimate of drug-likeness (QED) is 0.643. The van der Waals surface area contributed by atoms with Crippen LogP contribution in [0.5, 0.6) is 0 Å². The van der Waals surface area contributed by atoms with Crippen molar-refractivity contribution in [2.24, 2.45) is 5.92 Å². The Balaban J connectivity index is 1.27. The molecule has 172 valence electrons. The Kier molecular flexibility index (Phi) is 7.93. The van der Waals surface area contributed by atoms with Gasteiger partial charge in [-0.1, -0.05) is 36.8 Å². The van der Waals surface area contributed by atoms with Crippen molar-refractivity contribution in [2.75, 3.05) is 44.2 Å². The normalized spacial score (nSPS) is 19.6. The Morgan fingerprint density at radius 1 is 1.06 bits per heavy atom. The van der Waals surface area contributed by atoms with E-state index in [4.69, 9.17) is 0 Å². The Morgan fingerprint density at radius 3 is 2.66 bits per heavy atom. The van der Waals surface area contributed by atoms with Crippen LogP contribution in [-0.2, 0) is 11.3 Å². The largest absolute Gasteiger partial charge is 0.369 e. The fraction of sp³-hybridized carbons (Fsp3) is 0.560. The lowest BCUT2D eigenvalue weighted by atomic mass is 9.97. The van der Waals surface area contributed by atoms with Crippen LogP contribution in [0.1, 0.15) is 44.1 Å². The molecule has 0 bridgehead atoms. The molecule has 0 spiro atoms. The summed E-state index contributed by atoms with van der Waals surface area (Å²) in [6.07, 6.45) is 8.55. The van der Waals surface area contributed by atoms with Gasteiger partial charge in [0.15, 0.2) is 0 Å². The SMILES string of the molecule is O=C(NCCCN1CCCCC1)[C@@H]1CCCN(c2cnn(Cc3ccccc3)c(=O)c2)C1. The third-order valence-corrected chi connectivity index (χ3v) is 6.59. The second-order valence-electron chi connectivity index (χ2n) is 9.03. The number of nitrogens with one attached hydrogen (secondary N) is 1. The minimum absolute atomic E-state index is 0.0366. The van der Waals surface area contributed by atoms with E-state index in [9.17, 15) is 9.59 Å². The number of carbonyl (C=O) groups is 1. The van der Waals surface area contributed by atoms with Crippen LogP contribution in [0, 0.1) is 5.92 Å². The summed E-state index contributed by atoms with van der Waals surface area (Å²) in [7, 11) is 0. The van der Waals surface area contributed by atoms with Crippen molar-refractivity contribution in [2.45, 2.75) is 45.1 Å². The zero-order chi connectivity index (χ0) is 22.2. The fourth-order valence-electron chi connectivity index (χ4n) is 4.74. The second-order valence-corrected chi connectivity index (χ2v) is 9.03. The lowest BCUT2D eigenvalue weighted by Crippen LogP contribution is -2.44. The first kappa shape index (κ1) is 22.5. The first-order valence-electron chi connectivity index (χ1n) is 12.1. The molecule has 7 heteroatoms. The number of nitrogens with zero attached hydrogens (tertiary/aromatic N) is 4. The van der Waals surface area contributed by atoms with Gasteiger partial charge in [-0.25, -0.2) is 4.68 Å². The molecule has 3 heterocycles. The highest BCUT2D eigenvalue weighted by molar-refractivity contribution is 5.79. The molecule has 4 rings (SSSR count). The molecule has 2 fully saturated rings. The first-order chi connectivity index (χ1) is 15.7. The van der Waals surface area contributed by atoms with Crippen LogP contribution in [0.15, 0.2) is 47.4 Å². The lowest BCUT2D eigenvalue weighted by molar-refractivity contribution is -0.125. The summed E-state index contributed by atoms with van der Waals surface area (Å²) < 4.78 is 1.48. The number of aromatic nitrogens is 2. The molecule has 0 unspecified atom stereocenters. The molecular formula is C25H35N5O2. The van der Waals surface area contributed by atoms with E-state index < -0.39 is 0 Å². The standard InChI is InChI=1S/C25H35N5O2/c31-24-17-23(18-27-30(24)19-21-9-3-1-4-10-21)29-16-7-11-22(20-29)25(32)26-12-8-15-28-13-5-2-6-14-28/h1,3-4,9-10,17-18,22H,2,5-8,11-16,19-20H2,(H,26,32)/t22-/m1/s1. The number of hydrogen-bond donors (Lipinski definition) is 1. The maximum atomic E-state index is 12.7. The highest BCUT2D eigenvalue weighted by Crippen LogP contribution is 2.22. The van der Waals surface area contributed by atoms with Crippen LogP contribution in [0.2, 0.25) is 0 Å². The number of anilines is 1. The molecular weight excluding hydrogens is 402 g/mol. The highest BCUT2D eigenvalue weighted by Gasteiger charge is 2.26. The molecule has 0 aliphatic carbocycles. The van der Waals surface area contributed by atoms with Crippen LogP contribution in [0.25, 0.3) is 0 Å². The minimum Gasteiger partial charge on any atom is -0.369 e. The number of carbonyl (C=O) groups excluding carboxylic acids is 1. The van der Waals surface area contributed by atoms with E-state index in [-0.39, 0.29) is 17.4 Å². The molecule has 1 atom stereocenters. The number of hydrogen-bond acceptors (Lipinski definition) is 5. The average molecular weight is 438 g/mol. The van der Waals surface area contributed by atoms with E-state index in [0.717, 1.165) is 50.1 Å². The number of piperidine rings is 2. The van der Waals surface area contributed by atoms with E-state index in [1.807, 2.05) is 30.3 Å². The van der Waals surface area contributed by atoms with E-state index in [2.05, 4.69) is 20.2 Å². The molecule has 32 heavy (non-hydrogen) atoms. The van der Waals surface area contributed by atoms with Gasteiger partial charge < -0.3 is 15.1 Å². The van der Waals surface area contributed by atoms with Gasteiger partial charge in [0.25, 0.3) is 5.56 Å². The van der Waals surface area contributed by atoms with Gasteiger partial charge in [0.2, 0.25) is 5.91 Å². The van der Waals surface area contributed by atoms with Crippen molar-refractivity contribution in [3.05, 3.63) is 58.5 Å². The molecule has 2 aliphatic rings. The molecule has 2 saturated heterocycles. The van der Waals surface area contributed by atoms with Gasteiger partial charge in [-0.15, -0.1) is 0 Å². The van der Waals surface area contributed by atoms with Gasteiger partial charge in [-0.3, -0.25) is 9.59 Å². The number of amides is 1. The van der Waals surface area contributed by atoms with E-state index in [0.29, 0.717) is 13.1 Å². The molecule has 0 saturated carbocycles. The summed E-state index contributed by atoms with van der Waals surface area (Å²) in [5.74, 6) is 0.101. The van der Waals surface area contributed by atoms with Crippen LogP contribution >= 0.6 is 0 Å². The van der Waals surface area contributed by atoms with Crippen molar-refractivity contribution >= 4 is 11.6 Å². The van der Waals surface area contributed by atoms with Crippen LogP contribution in [0.4, 0.5) is 5.69 Å². The second kappa shape index (κ2) is 11.3. The predicted molar refractivity (Wildman–Crippen MR) is 127 cm³/mol. The fourth-order valence-corrected chi connectivity index (χ4v) is 4.74. The Labute approximate surface area is 190 Å². The maximum absolute atomic E-state index is 12.7. The lowest BCUT2D eigenvalue weighted by Gasteiger charge is -2.33. The van der Waals surface area contributed by atoms with Gasteiger partial charge in [0.05, 0.1) is 24.3 Å². The predicted octanol–water partition coefficient (Wildman–Crippen LogP) is 2.50. The third kappa shape index (κ3) is 6.19. The van der Waals surface area contributed by atoms with E-state index >= 15 is 0 Å². The number of likely N-dealkylation sites (tertiary alicyclic amines) is 1. The highest BCUT2D eigenvalue weighted by atomic mass is 16.2. The summed E-state index contributed by atoms with van der Waals surface area (Å²) in [6.45, 7) is 6.16. The average Bonchev–Trinajstić information content (AvgIpc) is 2.84. The van der Waals surface area contributed by atoms with E-state index in [1.54, 1.807) is 12.3 Å². The molecule has 1 aromatic carbocycles. The zero-order valence-electron chi connectivity index (χ0n) is 18.9. The topological polar surface area (TPSA) is 70.5 Å². The summed E-state index contributed by atoms with van der Waals surface area (Å²) in [4.78, 5) is 29.9. The summed E-state index contributed by atoms with van der Waals surface area (Å²) >= 11 is 0. The summed E-state index contributed by atoms with van der Waals surface area (Å²) in [5.41, 5.74) is 1.74. The monoisotopic (exact) mass is 437 g/mol. The van der Waals surface area contributed by atoms with Crippen LogP contribution in [-0.4, -0.2) is 59.9 Å². The Morgan fingerprint density at radius 2 is 1.88 bits per heavy atom. The molecule has 1 aromatic heterocycles. The number of benzene rings is 1. The molecule has 2 aromatic rings. The van der Waals surface area contributed by atoms with Crippen molar-refractivity contribution in [1.82, 2.24) is 20.0 Å². The molecule has 7 nitrogen and oxygen atoms in total. The summed E-state index contributed by atoms with van der Waals surface area (Å²) in [5, 5.41) is 7.52. The first-order valence-corrected chi connectivity index (χ1v) is 12.1. The summed E-state index contributed by atoms with van der Waals surface area (Å²) in [6, 6.07) is 11.5. The molecule has 1 N–H and O–H groups in total. The van der Waals surface area contributed by atoms with Crippen molar-refractivity contribution in [3.63, 3.8) is 0 Å². The van der Waals surface area contributed by atoms with Crippen molar-refractivity contribution in [1.29, 1.82) is 0 Å². The Hall–Kier alpha value is -2.67. The Bertz CT molecular complexity index is 923. The third-order valence-electron chi connectivity index (χ3n) is 6.59. The maximum Gasteiger partial charge on any atom is 0.269 e. The van der Waals surface area contributed by atoms with Crippen molar-refractivity contribution in [3.8, 4) is 0 Å². The minimum atomic E-state index is -0.115. The molecule has 2 aliphatic heterocycles. The smallest absolute Gasteiger partial charge is 0.269 e. The zero-order valence-corrected chi connectivity index (χ0v) is 18.9. The van der Waals surface area contributed by atoms with Gasteiger partial charge in [0.1, 0.15) is 0 Å². The van der Waals surface area contributed by atoms with Crippen LogP contribution in [0.3, 0.4) is 0 Å². The van der Waals surface area contributed by atoms with Crippen LogP contribution < -0.4 is 15.8 Å². The van der Waals surface area contributed by atoms with E-state index in [1.165, 1.54) is 37.0 Å². The van der Waals surface area contributed by atoms with Crippen molar-refractivity contribution < 1.29 is 4.79 Å². The number of rotatable bonds is 8. The van der Waals surface area contributed by atoms with Gasteiger partial charge in [0, 0.05) is 25.7 Å². The molecule has 0 radical (unpaired) electrons. The van der Waals surface area contributed by atoms with Gasteiger partial charge in [-0.05, 0) is 57.3 Å². The molecule has 1 amide bonds. The van der Waals surface area contributed by atoms with Gasteiger partial charge >= 0.3 is 0 Å². The van der Waals surface area contributed by atoms with Gasteiger partial charge in [-0.2, -0.15) is 5.10 Å².